The summed E-state index contributed by atoms with van der Waals surface area (Å²) in [6, 6.07) is 10.2. The molecule has 1 amide bonds. The Kier molecular flexibility index (Phi) is 6.83. The maximum absolute atomic E-state index is 12.9. The minimum absolute atomic E-state index is 0.129. The molecule has 0 fully saturated rings. The Morgan fingerprint density at radius 1 is 1.22 bits per heavy atom. The van der Waals surface area contributed by atoms with Crippen LogP contribution in [0.3, 0.4) is 0 Å². The SMILES string of the molecule is Cc1nc2ccc(NCc3cccc(C(F)(F)F)c3)cc2n(CCNC(=O)[C@@H](C)O)c1=O. The zero-order chi connectivity index (χ0) is 23.5. The number of aromatic nitrogens is 2. The van der Waals surface area contributed by atoms with Gasteiger partial charge in [0.2, 0.25) is 5.91 Å². The maximum atomic E-state index is 12.9. The summed E-state index contributed by atoms with van der Waals surface area (Å²) in [5, 5.41) is 14.9. The molecule has 0 aliphatic carbocycles. The van der Waals surface area contributed by atoms with Crippen LogP contribution in [0.4, 0.5) is 18.9 Å². The average Bonchev–Trinajstić information content (AvgIpc) is 2.74. The van der Waals surface area contributed by atoms with E-state index in [0.717, 1.165) is 12.1 Å². The number of alkyl halides is 3. The number of halogens is 3. The Bertz CT molecular complexity index is 1190. The fourth-order valence-corrected chi connectivity index (χ4v) is 3.20. The van der Waals surface area contributed by atoms with Gasteiger partial charge in [-0.05, 0) is 49.7 Å². The van der Waals surface area contributed by atoms with E-state index in [1.54, 1.807) is 31.2 Å². The molecule has 1 atom stereocenters. The van der Waals surface area contributed by atoms with E-state index in [1.807, 2.05) is 0 Å². The lowest BCUT2D eigenvalue weighted by atomic mass is 10.1. The van der Waals surface area contributed by atoms with Gasteiger partial charge in [-0.15, -0.1) is 0 Å². The predicted octanol–water partition coefficient (Wildman–Crippen LogP) is 2.83. The lowest BCUT2D eigenvalue weighted by molar-refractivity contribution is -0.137. The molecule has 7 nitrogen and oxygen atoms in total. The van der Waals surface area contributed by atoms with Crippen LogP contribution in [-0.2, 0) is 24.1 Å². The number of aryl methyl sites for hydroxylation is 1. The average molecular weight is 448 g/mol. The Morgan fingerprint density at radius 2 is 1.97 bits per heavy atom. The molecule has 0 aliphatic rings. The normalized spacial score (nSPS) is 12.6. The van der Waals surface area contributed by atoms with E-state index in [2.05, 4.69) is 15.6 Å². The predicted molar refractivity (Wildman–Crippen MR) is 114 cm³/mol. The summed E-state index contributed by atoms with van der Waals surface area (Å²) < 4.78 is 40.2. The zero-order valence-corrected chi connectivity index (χ0v) is 17.5. The van der Waals surface area contributed by atoms with Gasteiger partial charge < -0.3 is 20.3 Å². The van der Waals surface area contributed by atoms with Gasteiger partial charge in [0.15, 0.2) is 0 Å². The van der Waals surface area contributed by atoms with Crippen molar-refractivity contribution in [1.29, 1.82) is 0 Å². The second kappa shape index (κ2) is 9.39. The van der Waals surface area contributed by atoms with Gasteiger partial charge in [0, 0.05) is 25.3 Å². The number of hydrogen-bond acceptors (Lipinski definition) is 5. The largest absolute Gasteiger partial charge is 0.416 e. The van der Waals surface area contributed by atoms with Gasteiger partial charge in [-0.3, -0.25) is 9.59 Å². The van der Waals surface area contributed by atoms with Crippen molar-refractivity contribution in [3.05, 3.63) is 69.6 Å². The van der Waals surface area contributed by atoms with Crippen LogP contribution in [0.15, 0.2) is 47.3 Å². The van der Waals surface area contributed by atoms with Crippen LogP contribution in [0.5, 0.6) is 0 Å². The van der Waals surface area contributed by atoms with Crippen molar-refractivity contribution >= 4 is 22.6 Å². The third kappa shape index (κ3) is 5.44. The monoisotopic (exact) mass is 448 g/mol. The number of hydrogen-bond donors (Lipinski definition) is 3. The topological polar surface area (TPSA) is 96.2 Å². The van der Waals surface area contributed by atoms with E-state index >= 15 is 0 Å². The molecule has 0 saturated carbocycles. The molecule has 170 valence electrons. The van der Waals surface area contributed by atoms with E-state index in [9.17, 15) is 27.9 Å². The molecule has 1 aromatic heterocycles. The Balaban J connectivity index is 1.83. The van der Waals surface area contributed by atoms with Crippen molar-refractivity contribution < 1.29 is 23.1 Å². The number of carbonyl (C=O) groups excluding carboxylic acids is 1. The summed E-state index contributed by atoms with van der Waals surface area (Å²) in [7, 11) is 0. The van der Waals surface area contributed by atoms with Gasteiger partial charge in [0.1, 0.15) is 11.8 Å². The van der Waals surface area contributed by atoms with Gasteiger partial charge in [-0.1, -0.05) is 12.1 Å². The van der Waals surface area contributed by atoms with Crippen molar-refractivity contribution in [3.63, 3.8) is 0 Å². The van der Waals surface area contributed by atoms with Crippen LogP contribution in [-0.4, -0.2) is 33.2 Å². The molecule has 0 aliphatic heterocycles. The van der Waals surface area contributed by atoms with Crippen molar-refractivity contribution in [2.75, 3.05) is 11.9 Å². The lowest BCUT2D eigenvalue weighted by Crippen LogP contribution is -2.36. The molecule has 3 aromatic rings. The molecule has 1 heterocycles. The Labute approximate surface area is 181 Å². The van der Waals surface area contributed by atoms with Crippen LogP contribution >= 0.6 is 0 Å². The van der Waals surface area contributed by atoms with Gasteiger partial charge in [-0.2, -0.15) is 13.2 Å². The molecule has 0 bridgehead atoms. The number of rotatable bonds is 7. The number of nitrogens with one attached hydrogen (secondary N) is 2. The van der Waals surface area contributed by atoms with Crippen LogP contribution in [0.1, 0.15) is 23.7 Å². The van der Waals surface area contributed by atoms with E-state index in [-0.39, 0.29) is 25.2 Å². The number of anilines is 1. The van der Waals surface area contributed by atoms with Crippen LogP contribution in [0.2, 0.25) is 0 Å². The van der Waals surface area contributed by atoms with Gasteiger partial charge >= 0.3 is 6.18 Å². The van der Waals surface area contributed by atoms with Crippen LogP contribution in [0, 0.1) is 6.92 Å². The number of amides is 1. The molecule has 0 radical (unpaired) electrons. The highest BCUT2D eigenvalue weighted by Crippen LogP contribution is 2.29. The highest BCUT2D eigenvalue weighted by atomic mass is 19.4. The van der Waals surface area contributed by atoms with E-state index in [1.165, 1.54) is 17.6 Å². The lowest BCUT2D eigenvalue weighted by Gasteiger charge is -2.14. The summed E-state index contributed by atoms with van der Waals surface area (Å²) in [4.78, 5) is 28.5. The number of aliphatic hydroxyl groups is 1. The first-order valence-corrected chi connectivity index (χ1v) is 9.93. The minimum atomic E-state index is -4.41. The minimum Gasteiger partial charge on any atom is -0.384 e. The van der Waals surface area contributed by atoms with E-state index < -0.39 is 23.8 Å². The second-order valence-electron chi connectivity index (χ2n) is 7.38. The van der Waals surface area contributed by atoms with Crippen molar-refractivity contribution in [1.82, 2.24) is 14.9 Å². The standard InChI is InChI=1S/C22H23F3N4O3/c1-13-21(32)29(9-8-26-20(31)14(2)30)19-11-17(6-7-18(19)28-13)27-12-15-4-3-5-16(10-15)22(23,24)25/h3-7,10-11,14,27,30H,8-9,12H2,1-2H3,(H,26,31)/t14-/m1/s1. The first-order valence-electron chi connectivity index (χ1n) is 9.93. The number of nitrogens with zero attached hydrogens (tertiary/aromatic N) is 2. The first-order chi connectivity index (χ1) is 15.1. The highest BCUT2D eigenvalue weighted by molar-refractivity contribution is 5.80. The number of aliphatic hydroxyl groups excluding tert-OH is 1. The van der Waals surface area contributed by atoms with Crippen molar-refractivity contribution in [3.8, 4) is 0 Å². The number of carbonyl (C=O) groups is 1. The molecule has 3 N–H and O–H groups in total. The fourth-order valence-electron chi connectivity index (χ4n) is 3.20. The molecule has 3 rings (SSSR count). The third-order valence-electron chi connectivity index (χ3n) is 4.87. The van der Waals surface area contributed by atoms with Gasteiger partial charge in [0.25, 0.3) is 5.56 Å². The Hall–Kier alpha value is -3.40. The van der Waals surface area contributed by atoms with Gasteiger partial charge in [0.05, 0.1) is 16.6 Å². The fraction of sp³-hybridized carbons (Fsp3) is 0.318. The molecule has 0 spiro atoms. The highest BCUT2D eigenvalue weighted by Gasteiger charge is 2.30. The van der Waals surface area contributed by atoms with Crippen LogP contribution < -0.4 is 16.2 Å². The molecule has 0 saturated heterocycles. The maximum Gasteiger partial charge on any atom is 0.416 e. The molecular formula is C22H23F3N4O3. The van der Waals surface area contributed by atoms with Crippen molar-refractivity contribution in [2.24, 2.45) is 0 Å². The number of benzene rings is 2. The molecule has 10 heteroatoms. The quantitative estimate of drug-likeness (QED) is 0.517. The zero-order valence-electron chi connectivity index (χ0n) is 17.5. The van der Waals surface area contributed by atoms with E-state index in [4.69, 9.17) is 0 Å². The molecule has 2 aromatic carbocycles. The summed E-state index contributed by atoms with van der Waals surface area (Å²) in [5.41, 5.74) is 1.39. The Morgan fingerprint density at radius 3 is 2.66 bits per heavy atom. The van der Waals surface area contributed by atoms with E-state index in [0.29, 0.717) is 28.0 Å². The van der Waals surface area contributed by atoms with Gasteiger partial charge in [-0.25, -0.2) is 4.98 Å². The smallest absolute Gasteiger partial charge is 0.384 e. The molecular weight excluding hydrogens is 425 g/mol. The van der Waals surface area contributed by atoms with Crippen molar-refractivity contribution in [2.45, 2.75) is 39.2 Å². The summed E-state index contributed by atoms with van der Waals surface area (Å²) in [5.74, 6) is -0.545. The second-order valence-corrected chi connectivity index (χ2v) is 7.38. The summed E-state index contributed by atoms with van der Waals surface area (Å²) in [6.07, 6.45) is -5.57. The third-order valence-corrected chi connectivity index (χ3v) is 4.87. The molecule has 32 heavy (non-hydrogen) atoms. The van der Waals surface area contributed by atoms with Crippen LogP contribution in [0.25, 0.3) is 11.0 Å². The first kappa shape index (κ1) is 23.3. The summed E-state index contributed by atoms with van der Waals surface area (Å²) in [6.45, 7) is 3.38. The molecule has 0 unspecified atom stereocenters. The summed E-state index contributed by atoms with van der Waals surface area (Å²) >= 11 is 0. The number of fused-ring (bicyclic) bond motifs is 1.